The number of sulfonamides is 1. The maximum absolute atomic E-state index is 13.4. The van der Waals surface area contributed by atoms with Gasteiger partial charge in [-0.3, -0.25) is 0 Å². The maximum Gasteiger partial charge on any atom is 0.244 e. The highest BCUT2D eigenvalue weighted by atomic mass is 32.2. The van der Waals surface area contributed by atoms with Crippen LogP contribution >= 0.6 is 0 Å². The molecular weight excluding hydrogens is 257 g/mol. The number of hydrogen-bond donors (Lipinski definition) is 1. The van der Waals surface area contributed by atoms with E-state index < -0.39 is 21.4 Å². The number of nitriles is 1. The summed E-state index contributed by atoms with van der Waals surface area (Å²) >= 11 is 0. The van der Waals surface area contributed by atoms with Gasteiger partial charge in [-0.05, 0) is 12.1 Å². The van der Waals surface area contributed by atoms with Crippen molar-refractivity contribution in [3.8, 4) is 6.07 Å². The van der Waals surface area contributed by atoms with Crippen LogP contribution in [0.2, 0.25) is 0 Å². The zero-order chi connectivity index (χ0) is 13.3. The molecule has 7 heteroatoms. The Morgan fingerprint density at radius 3 is 2.67 bits per heavy atom. The van der Waals surface area contributed by atoms with Crippen LogP contribution in [0.25, 0.3) is 0 Å². The Hall–Kier alpha value is -1.49. The topological polar surface area (TPSA) is 73.2 Å². The lowest BCUT2D eigenvalue weighted by molar-refractivity contribution is 0.274. The number of likely N-dealkylation sites (N-methyl/N-ethyl adjacent to an activating group) is 1. The summed E-state index contributed by atoms with van der Waals surface area (Å²) in [5.74, 6) is -0.821. The van der Waals surface area contributed by atoms with Crippen molar-refractivity contribution in [3.63, 3.8) is 0 Å². The zero-order valence-electron chi connectivity index (χ0n) is 9.72. The molecule has 1 N–H and O–H groups in total. The van der Waals surface area contributed by atoms with Crippen molar-refractivity contribution in [1.29, 1.82) is 5.26 Å². The van der Waals surface area contributed by atoms with Gasteiger partial charge in [0.2, 0.25) is 10.0 Å². The smallest absolute Gasteiger partial charge is 0.244 e. The average molecular weight is 269 g/mol. The van der Waals surface area contributed by atoms with Crippen molar-refractivity contribution in [1.82, 2.24) is 9.62 Å². The Morgan fingerprint density at radius 2 is 2.17 bits per heavy atom. The van der Waals surface area contributed by atoms with Crippen LogP contribution in [0.15, 0.2) is 23.1 Å². The lowest BCUT2D eigenvalue weighted by atomic mass is 10.2. The molecule has 0 unspecified atom stereocenters. The van der Waals surface area contributed by atoms with E-state index in [1.807, 2.05) is 0 Å². The summed E-state index contributed by atoms with van der Waals surface area (Å²) in [7, 11) is -2.40. The molecule has 1 aromatic carbocycles. The summed E-state index contributed by atoms with van der Waals surface area (Å²) < 4.78 is 39.2. The van der Waals surface area contributed by atoms with E-state index in [4.69, 9.17) is 5.26 Å². The van der Waals surface area contributed by atoms with Crippen molar-refractivity contribution in [3.05, 3.63) is 29.6 Å². The molecule has 0 aliphatic carbocycles. The van der Waals surface area contributed by atoms with Crippen LogP contribution < -0.4 is 5.32 Å². The predicted octanol–water partition coefficient (Wildman–Crippen LogP) is 0.290. The first kappa shape index (κ1) is 13.0. The molecule has 1 aliphatic rings. The molecule has 1 fully saturated rings. The summed E-state index contributed by atoms with van der Waals surface area (Å²) in [5.41, 5.74) is -0.434. The average Bonchev–Trinajstić information content (AvgIpc) is 2.26. The molecule has 96 valence electrons. The van der Waals surface area contributed by atoms with E-state index in [1.165, 1.54) is 23.5 Å². The number of nitrogens with one attached hydrogen (secondary N) is 1. The molecule has 0 spiro atoms. The molecule has 1 aromatic rings. The number of nitrogens with zero attached hydrogens (tertiary/aromatic N) is 2. The van der Waals surface area contributed by atoms with E-state index in [9.17, 15) is 12.8 Å². The minimum atomic E-state index is -3.83. The normalized spacial score (nSPS) is 16.3. The van der Waals surface area contributed by atoms with Crippen molar-refractivity contribution in [2.24, 2.45) is 0 Å². The van der Waals surface area contributed by atoms with Crippen LogP contribution in [0, 0.1) is 17.1 Å². The van der Waals surface area contributed by atoms with Gasteiger partial charge in [-0.2, -0.15) is 9.57 Å². The monoisotopic (exact) mass is 269 g/mol. The minimum absolute atomic E-state index is 0.148. The Kier molecular flexibility index (Phi) is 3.34. The van der Waals surface area contributed by atoms with Gasteiger partial charge in [-0.1, -0.05) is 6.07 Å². The van der Waals surface area contributed by atoms with Gasteiger partial charge in [0.15, 0.2) is 0 Å². The van der Waals surface area contributed by atoms with Gasteiger partial charge in [0.1, 0.15) is 22.3 Å². The Labute approximate surface area is 105 Å². The van der Waals surface area contributed by atoms with Gasteiger partial charge >= 0.3 is 0 Å². The van der Waals surface area contributed by atoms with Gasteiger partial charge in [-0.25, -0.2) is 12.8 Å². The second-order valence-corrected chi connectivity index (χ2v) is 6.02. The molecule has 0 amide bonds. The highest BCUT2D eigenvalue weighted by Crippen LogP contribution is 2.23. The van der Waals surface area contributed by atoms with E-state index in [-0.39, 0.29) is 10.9 Å². The maximum atomic E-state index is 13.4. The molecule has 2 rings (SSSR count). The molecule has 0 radical (unpaired) electrons. The Bertz CT molecular complexity index is 605. The van der Waals surface area contributed by atoms with Crippen LogP contribution in [-0.4, -0.2) is 38.9 Å². The first-order chi connectivity index (χ1) is 8.48. The van der Waals surface area contributed by atoms with Crippen LogP contribution in [0.5, 0.6) is 0 Å². The first-order valence-electron chi connectivity index (χ1n) is 5.36. The molecule has 0 aromatic heterocycles. The molecule has 0 saturated carbocycles. The van der Waals surface area contributed by atoms with E-state index in [1.54, 1.807) is 6.07 Å². The first-order valence-corrected chi connectivity index (χ1v) is 6.80. The zero-order valence-corrected chi connectivity index (χ0v) is 10.5. The largest absolute Gasteiger partial charge is 0.313 e. The second-order valence-electron chi connectivity index (χ2n) is 4.06. The van der Waals surface area contributed by atoms with Gasteiger partial charge in [0, 0.05) is 26.2 Å². The minimum Gasteiger partial charge on any atom is -0.313 e. The van der Waals surface area contributed by atoms with E-state index in [2.05, 4.69) is 5.32 Å². The third kappa shape index (κ3) is 1.99. The summed E-state index contributed by atoms with van der Waals surface area (Å²) in [6.07, 6.45) is 0. The molecule has 1 heterocycles. The number of halogens is 1. The summed E-state index contributed by atoms with van der Waals surface area (Å²) in [6.45, 7) is 1.12. The van der Waals surface area contributed by atoms with E-state index >= 15 is 0 Å². The van der Waals surface area contributed by atoms with E-state index in [0.717, 1.165) is 6.07 Å². The van der Waals surface area contributed by atoms with Crippen molar-refractivity contribution in [2.45, 2.75) is 10.9 Å². The van der Waals surface area contributed by atoms with Gasteiger partial charge in [-0.15, -0.1) is 0 Å². The number of hydrogen-bond acceptors (Lipinski definition) is 4. The van der Waals surface area contributed by atoms with Gasteiger partial charge in [0.25, 0.3) is 0 Å². The fourth-order valence-corrected chi connectivity index (χ4v) is 3.21. The molecule has 18 heavy (non-hydrogen) atoms. The lowest BCUT2D eigenvalue weighted by Crippen LogP contribution is -2.57. The number of rotatable bonds is 3. The molecule has 0 bridgehead atoms. The fourth-order valence-electron chi connectivity index (χ4n) is 1.71. The predicted molar refractivity (Wildman–Crippen MR) is 62.7 cm³/mol. The lowest BCUT2D eigenvalue weighted by Gasteiger charge is -2.34. The summed E-state index contributed by atoms with van der Waals surface area (Å²) in [6, 6.07) is 5.06. The van der Waals surface area contributed by atoms with Crippen molar-refractivity contribution < 1.29 is 12.8 Å². The summed E-state index contributed by atoms with van der Waals surface area (Å²) in [5, 5.41) is 11.8. The number of benzene rings is 1. The standard InChI is InChI=1S/C11H12FN3O2S/c1-15(8-6-14-7-8)18(16,17)11-4-2-3-10(12)9(11)5-13/h2-4,8,14H,6-7H2,1H3. The highest BCUT2D eigenvalue weighted by Gasteiger charge is 2.33. The molecule has 5 nitrogen and oxygen atoms in total. The third-order valence-electron chi connectivity index (χ3n) is 3.02. The molecule has 0 atom stereocenters. The molecule has 1 aliphatic heterocycles. The van der Waals surface area contributed by atoms with Gasteiger partial charge in [0.05, 0.1) is 0 Å². The van der Waals surface area contributed by atoms with Crippen LogP contribution in [0.4, 0.5) is 4.39 Å². The second kappa shape index (κ2) is 4.65. The van der Waals surface area contributed by atoms with Crippen molar-refractivity contribution in [2.75, 3.05) is 20.1 Å². The Morgan fingerprint density at radius 1 is 1.50 bits per heavy atom. The van der Waals surface area contributed by atoms with Gasteiger partial charge < -0.3 is 5.32 Å². The molecule has 1 saturated heterocycles. The summed E-state index contributed by atoms with van der Waals surface area (Å²) in [4.78, 5) is -0.278. The van der Waals surface area contributed by atoms with Crippen molar-refractivity contribution >= 4 is 10.0 Å². The Balaban J connectivity index is 2.48. The van der Waals surface area contributed by atoms with Crippen LogP contribution in [-0.2, 0) is 10.0 Å². The van der Waals surface area contributed by atoms with Crippen LogP contribution in [0.3, 0.4) is 0 Å². The fraction of sp³-hybridized carbons (Fsp3) is 0.364. The van der Waals surface area contributed by atoms with Crippen LogP contribution in [0.1, 0.15) is 5.56 Å². The quantitative estimate of drug-likeness (QED) is 0.856. The third-order valence-corrected chi connectivity index (χ3v) is 4.97. The SMILES string of the molecule is CN(C1CNC1)S(=O)(=O)c1cccc(F)c1C#N. The van der Waals surface area contributed by atoms with E-state index in [0.29, 0.717) is 13.1 Å². The highest BCUT2D eigenvalue weighted by molar-refractivity contribution is 7.89. The molecular formula is C11H12FN3O2S.